The molecule has 2 nitrogen and oxygen atoms in total. The topological polar surface area (TPSA) is 20.3 Å². The van der Waals surface area contributed by atoms with Gasteiger partial charge in [0.2, 0.25) is 0 Å². The van der Waals surface area contributed by atoms with Gasteiger partial charge in [-0.1, -0.05) is 26.7 Å². The summed E-state index contributed by atoms with van der Waals surface area (Å²) in [6.07, 6.45) is 7.82. The van der Waals surface area contributed by atoms with Crippen LogP contribution in [0, 0.1) is 0 Å². The molecule has 1 aliphatic rings. The largest absolute Gasteiger partial charge is 0.298 e. The highest BCUT2D eigenvalue weighted by molar-refractivity contribution is 5.84. The standard InChI is InChI=1S/C14H27NO/c1-4-6-11-15(12(3)5-2)13-9-7-8-10-14(13)16/h12-13H,4-11H2,1-3H3. The minimum atomic E-state index is 0.232. The van der Waals surface area contributed by atoms with Crippen molar-refractivity contribution in [1.82, 2.24) is 4.90 Å². The van der Waals surface area contributed by atoms with Crippen molar-refractivity contribution < 1.29 is 4.79 Å². The van der Waals surface area contributed by atoms with Gasteiger partial charge in [0, 0.05) is 12.5 Å². The van der Waals surface area contributed by atoms with E-state index in [1.165, 1.54) is 19.3 Å². The molecule has 16 heavy (non-hydrogen) atoms. The lowest BCUT2D eigenvalue weighted by molar-refractivity contribution is -0.127. The summed E-state index contributed by atoms with van der Waals surface area (Å²) in [6.45, 7) is 7.80. The maximum absolute atomic E-state index is 12.0. The zero-order valence-electron chi connectivity index (χ0n) is 11.2. The van der Waals surface area contributed by atoms with Gasteiger partial charge < -0.3 is 0 Å². The lowest BCUT2D eigenvalue weighted by Gasteiger charge is -2.37. The Bertz CT molecular complexity index is 215. The number of unbranched alkanes of at least 4 members (excludes halogenated alkanes) is 1. The number of hydrogen-bond acceptors (Lipinski definition) is 2. The molecule has 0 aromatic heterocycles. The highest BCUT2D eigenvalue weighted by atomic mass is 16.1. The third-order valence-electron chi connectivity index (χ3n) is 3.85. The highest BCUT2D eigenvalue weighted by Crippen LogP contribution is 2.22. The third kappa shape index (κ3) is 3.58. The molecule has 2 atom stereocenters. The van der Waals surface area contributed by atoms with Gasteiger partial charge in [0.25, 0.3) is 0 Å². The molecule has 0 N–H and O–H groups in total. The highest BCUT2D eigenvalue weighted by Gasteiger charge is 2.29. The molecule has 1 fully saturated rings. The summed E-state index contributed by atoms with van der Waals surface area (Å²) in [6, 6.07) is 0.786. The first-order valence-corrected chi connectivity index (χ1v) is 6.99. The molecular formula is C14H27NO. The molecule has 2 unspecified atom stereocenters. The maximum Gasteiger partial charge on any atom is 0.149 e. The van der Waals surface area contributed by atoms with E-state index >= 15 is 0 Å². The van der Waals surface area contributed by atoms with Crippen molar-refractivity contribution in [3.63, 3.8) is 0 Å². The molecule has 94 valence electrons. The average molecular weight is 225 g/mol. The zero-order chi connectivity index (χ0) is 12.0. The Morgan fingerprint density at radius 2 is 2.12 bits per heavy atom. The average Bonchev–Trinajstić information content (AvgIpc) is 2.31. The van der Waals surface area contributed by atoms with Crippen molar-refractivity contribution >= 4 is 5.78 Å². The fourth-order valence-electron chi connectivity index (χ4n) is 2.57. The zero-order valence-corrected chi connectivity index (χ0v) is 11.2. The maximum atomic E-state index is 12.0. The molecule has 0 aromatic rings. The Morgan fingerprint density at radius 1 is 1.38 bits per heavy atom. The van der Waals surface area contributed by atoms with E-state index in [-0.39, 0.29) is 6.04 Å². The van der Waals surface area contributed by atoms with Crippen LogP contribution < -0.4 is 0 Å². The SMILES string of the molecule is CCCCN(C(C)CC)C1CCCCC1=O. The molecule has 2 heteroatoms. The number of carbonyl (C=O) groups excluding carboxylic acids is 1. The van der Waals surface area contributed by atoms with Crippen LogP contribution in [0.15, 0.2) is 0 Å². The van der Waals surface area contributed by atoms with Gasteiger partial charge in [-0.05, 0) is 39.2 Å². The first-order chi connectivity index (χ1) is 7.70. The van der Waals surface area contributed by atoms with Crippen molar-refractivity contribution in [2.24, 2.45) is 0 Å². The van der Waals surface area contributed by atoms with E-state index in [0.717, 1.165) is 32.2 Å². The van der Waals surface area contributed by atoms with E-state index in [9.17, 15) is 4.79 Å². The van der Waals surface area contributed by atoms with Crippen molar-refractivity contribution in [3.8, 4) is 0 Å². The second-order valence-corrected chi connectivity index (χ2v) is 5.08. The van der Waals surface area contributed by atoms with Crippen molar-refractivity contribution in [3.05, 3.63) is 0 Å². The Hall–Kier alpha value is -0.370. The second kappa shape index (κ2) is 7.05. The van der Waals surface area contributed by atoms with Crippen LogP contribution in [0.5, 0.6) is 0 Å². The predicted molar refractivity (Wildman–Crippen MR) is 68.6 cm³/mol. The van der Waals surface area contributed by atoms with Gasteiger partial charge in [0.15, 0.2) is 0 Å². The molecule has 1 saturated carbocycles. The number of rotatable bonds is 6. The number of hydrogen-bond donors (Lipinski definition) is 0. The monoisotopic (exact) mass is 225 g/mol. The van der Waals surface area contributed by atoms with Crippen LogP contribution in [0.3, 0.4) is 0 Å². The van der Waals surface area contributed by atoms with Crippen LogP contribution in [-0.2, 0) is 4.79 Å². The van der Waals surface area contributed by atoms with Gasteiger partial charge in [-0.25, -0.2) is 0 Å². The van der Waals surface area contributed by atoms with E-state index in [1.54, 1.807) is 0 Å². The molecule has 0 heterocycles. The lowest BCUT2D eigenvalue weighted by Crippen LogP contribution is -2.47. The van der Waals surface area contributed by atoms with Crippen molar-refractivity contribution in [2.75, 3.05) is 6.54 Å². The van der Waals surface area contributed by atoms with Crippen LogP contribution >= 0.6 is 0 Å². The predicted octanol–water partition coefficient (Wildman–Crippen LogP) is 3.40. The molecule has 0 radical (unpaired) electrons. The molecule has 0 amide bonds. The molecule has 0 saturated heterocycles. The van der Waals surface area contributed by atoms with Crippen molar-refractivity contribution in [2.45, 2.75) is 77.8 Å². The van der Waals surface area contributed by atoms with Gasteiger partial charge in [0.05, 0.1) is 6.04 Å². The summed E-state index contributed by atoms with van der Waals surface area (Å²) in [4.78, 5) is 14.4. The smallest absolute Gasteiger partial charge is 0.149 e. The van der Waals surface area contributed by atoms with E-state index in [4.69, 9.17) is 0 Å². The van der Waals surface area contributed by atoms with E-state index in [0.29, 0.717) is 11.8 Å². The quantitative estimate of drug-likeness (QED) is 0.690. The summed E-state index contributed by atoms with van der Waals surface area (Å²) in [7, 11) is 0. The minimum Gasteiger partial charge on any atom is -0.298 e. The Labute approximate surface area is 100 Å². The third-order valence-corrected chi connectivity index (χ3v) is 3.85. The molecule has 1 rings (SSSR count). The molecule has 0 spiro atoms. The summed E-state index contributed by atoms with van der Waals surface area (Å²) < 4.78 is 0. The lowest BCUT2D eigenvalue weighted by atomic mass is 9.91. The van der Waals surface area contributed by atoms with Gasteiger partial charge in [-0.3, -0.25) is 9.69 Å². The molecule has 0 aliphatic heterocycles. The van der Waals surface area contributed by atoms with E-state index in [1.807, 2.05) is 0 Å². The molecule has 1 aliphatic carbocycles. The Morgan fingerprint density at radius 3 is 2.69 bits per heavy atom. The summed E-state index contributed by atoms with van der Waals surface area (Å²) in [5, 5.41) is 0. The first-order valence-electron chi connectivity index (χ1n) is 6.99. The fourth-order valence-corrected chi connectivity index (χ4v) is 2.57. The van der Waals surface area contributed by atoms with E-state index < -0.39 is 0 Å². The number of nitrogens with zero attached hydrogens (tertiary/aromatic N) is 1. The summed E-state index contributed by atoms with van der Waals surface area (Å²) >= 11 is 0. The Kier molecular flexibility index (Phi) is 6.04. The second-order valence-electron chi connectivity index (χ2n) is 5.08. The Balaban J connectivity index is 2.61. The van der Waals surface area contributed by atoms with E-state index in [2.05, 4.69) is 25.7 Å². The van der Waals surface area contributed by atoms with Crippen molar-refractivity contribution in [1.29, 1.82) is 0 Å². The van der Waals surface area contributed by atoms with Gasteiger partial charge in [0.1, 0.15) is 5.78 Å². The summed E-state index contributed by atoms with van der Waals surface area (Å²) in [5.74, 6) is 0.489. The van der Waals surface area contributed by atoms with Crippen LogP contribution in [0.2, 0.25) is 0 Å². The fraction of sp³-hybridized carbons (Fsp3) is 0.929. The molecule has 0 aromatic carbocycles. The van der Waals surface area contributed by atoms with Crippen LogP contribution in [0.1, 0.15) is 65.7 Å². The molecule has 0 bridgehead atoms. The van der Waals surface area contributed by atoms with Crippen LogP contribution in [0.25, 0.3) is 0 Å². The van der Waals surface area contributed by atoms with Gasteiger partial charge in [-0.15, -0.1) is 0 Å². The minimum absolute atomic E-state index is 0.232. The van der Waals surface area contributed by atoms with Gasteiger partial charge in [-0.2, -0.15) is 0 Å². The van der Waals surface area contributed by atoms with Crippen LogP contribution in [-0.4, -0.2) is 29.3 Å². The number of ketones is 1. The molecular weight excluding hydrogens is 198 g/mol. The first kappa shape index (κ1) is 13.7. The normalized spacial score (nSPS) is 23.8. The number of carbonyl (C=O) groups is 1. The van der Waals surface area contributed by atoms with Crippen LogP contribution in [0.4, 0.5) is 0 Å². The number of Topliss-reactive ketones (excluding diaryl/α,β-unsaturated/α-hetero) is 1. The summed E-state index contributed by atoms with van der Waals surface area (Å²) in [5.41, 5.74) is 0. The van der Waals surface area contributed by atoms with Gasteiger partial charge >= 0.3 is 0 Å².